The van der Waals surface area contributed by atoms with Crippen LogP contribution in [-0.4, -0.2) is 33.6 Å². The number of nitrogens with one attached hydrogen (secondary N) is 1. The van der Waals surface area contributed by atoms with Crippen molar-refractivity contribution in [1.82, 2.24) is 9.97 Å². The molecule has 1 rings (SSSR count). The molecule has 0 saturated carbocycles. The topological polar surface area (TPSA) is 127 Å². The Kier molecular flexibility index (Phi) is 3.19. The number of carboxylic acids is 1. The third kappa shape index (κ3) is 2.87. The second kappa shape index (κ2) is 4.38. The monoisotopic (exact) mass is 197 g/mol. The maximum absolute atomic E-state index is 10.4. The second-order valence-electron chi connectivity index (χ2n) is 2.63. The molecule has 0 aliphatic carbocycles. The van der Waals surface area contributed by atoms with E-state index in [1.54, 1.807) is 6.07 Å². The minimum Gasteiger partial charge on any atom is -0.480 e. The Bertz CT molecular complexity index is 330. The fourth-order valence-electron chi connectivity index (χ4n) is 0.774. The van der Waals surface area contributed by atoms with E-state index in [-0.39, 0.29) is 12.5 Å². The highest BCUT2D eigenvalue weighted by molar-refractivity contribution is 5.73. The largest absolute Gasteiger partial charge is 0.480 e. The van der Waals surface area contributed by atoms with E-state index < -0.39 is 12.0 Å². The highest BCUT2D eigenvalue weighted by Crippen LogP contribution is 2.01. The first-order valence-electron chi connectivity index (χ1n) is 3.90. The van der Waals surface area contributed by atoms with E-state index in [1.165, 1.54) is 6.20 Å². The summed E-state index contributed by atoms with van der Waals surface area (Å²) in [6.07, 6.45) is 1.47. The molecule has 7 nitrogen and oxygen atoms in total. The Labute approximate surface area is 80.2 Å². The van der Waals surface area contributed by atoms with Gasteiger partial charge in [0, 0.05) is 12.7 Å². The van der Waals surface area contributed by atoms with Crippen LogP contribution in [0.3, 0.4) is 0 Å². The molecule has 0 radical (unpaired) electrons. The van der Waals surface area contributed by atoms with Crippen molar-refractivity contribution in [3.63, 3.8) is 0 Å². The number of carboxylic acid groups (broad SMARTS) is 1. The standard InChI is InChI=1S/C7H11N5O2/c8-4(6(13)14)3-11-5-1-2-10-7(9)12-5/h1-2,4H,3,8H2,(H,13,14)(H3,9,10,11,12)/t4-/m0/s1. The minimum atomic E-state index is -1.07. The molecule has 14 heavy (non-hydrogen) atoms. The van der Waals surface area contributed by atoms with E-state index >= 15 is 0 Å². The molecule has 0 unspecified atom stereocenters. The highest BCUT2D eigenvalue weighted by atomic mass is 16.4. The number of hydrogen-bond acceptors (Lipinski definition) is 6. The smallest absolute Gasteiger partial charge is 0.322 e. The van der Waals surface area contributed by atoms with Crippen molar-refractivity contribution in [1.29, 1.82) is 0 Å². The molecule has 0 aliphatic heterocycles. The van der Waals surface area contributed by atoms with Crippen LogP contribution in [0.2, 0.25) is 0 Å². The molecule has 7 heteroatoms. The molecule has 0 aliphatic rings. The van der Waals surface area contributed by atoms with Gasteiger partial charge in [-0.15, -0.1) is 0 Å². The number of aromatic nitrogens is 2. The zero-order valence-electron chi connectivity index (χ0n) is 7.34. The average molecular weight is 197 g/mol. The van der Waals surface area contributed by atoms with Crippen molar-refractivity contribution in [3.05, 3.63) is 12.3 Å². The van der Waals surface area contributed by atoms with Crippen LogP contribution >= 0.6 is 0 Å². The van der Waals surface area contributed by atoms with Crippen molar-refractivity contribution in [3.8, 4) is 0 Å². The lowest BCUT2D eigenvalue weighted by Gasteiger charge is -2.08. The Morgan fingerprint density at radius 3 is 3.00 bits per heavy atom. The van der Waals surface area contributed by atoms with Gasteiger partial charge < -0.3 is 21.9 Å². The molecule has 0 saturated heterocycles. The van der Waals surface area contributed by atoms with Crippen LogP contribution < -0.4 is 16.8 Å². The van der Waals surface area contributed by atoms with Gasteiger partial charge in [-0.25, -0.2) is 4.98 Å². The predicted octanol–water partition coefficient (Wildman–Crippen LogP) is -1.12. The number of nitrogens with two attached hydrogens (primary N) is 2. The van der Waals surface area contributed by atoms with Gasteiger partial charge in [-0.3, -0.25) is 4.79 Å². The van der Waals surface area contributed by atoms with Crippen molar-refractivity contribution in [2.24, 2.45) is 5.73 Å². The predicted molar refractivity (Wildman–Crippen MR) is 50.5 cm³/mol. The molecule has 0 bridgehead atoms. The molecule has 0 amide bonds. The summed E-state index contributed by atoms with van der Waals surface area (Å²) in [6.45, 7) is 0.0891. The van der Waals surface area contributed by atoms with Crippen LogP contribution in [0.15, 0.2) is 12.3 Å². The maximum Gasteiger partial charge on any atom is 0.322 e. The van der Waals surface area contributed by atoms with Crippen molar-refractivity contribution in [2.45, 2.75) is 6.04 Å². The normalized spacial score (nSPS) is 12.1. The van der Waals surface area contributed by atoms with Gasteiger partial charge in [-0.1, -0.05) is 0 Å². The summed E-state index contributed by atoms with van der Waals surface area (Å²) >= 11 is 0. The Balaban J connectivity index is 2.49. The van der Waals surface area contributed by atoms with Crippen molar-refractivity contribution >= 4 is 17.7 Å². The third-order valence-electron chi connectivity index (χ3n) is 1.49. The lowest BCUT2D eigenvalue weighted by Crippen LogP contribution is -2.37. The first kappa shape index (κ1) is 10.2. The first-order chi connectivity index (χ1) is 6.59. The summed E-state index contributed by atoms with van der Waals surface area (Å²) in [7, 11) is 0. The van der Waals surface area contributed by atoms with Crippen LogP contribution in [0, 0.1) is 0 Å². The van der Waals surface area contributed by atoms with E-state index in [9.17, 15) is 4.79 Å². The first-order valence-corrected chi connectivity index (χ1v) is 3.90. The summed E-state index contributed by atoms with van der Waals surface area (Å²) in [6, 6.07) is 0.608. The number of rotatable bonds is 4. The average Bonchev–Trinajstić information content (AvgIpc) is 2.14. The molecular formula is C7H11N5O2. The van der Waals surface area contributed by atoms with Gasteiger partial charge in [0.15, 0.2) is 0 Å². The fraction of sp³-hybridized carbons (Fsp3) is 0.286. The van der Waals surface area contributed by atoms with Gasteiger partial charge in [0.1, 0.15) is 11.9 Å². The zero-order valence-corrected chi connectivity index (χ0v) is 7.34. The molecule has 1 aromatic heterocycles. The fourth-order valence-corrected chi connectivity index (χ4v) is 0.774. The number of anilines is 2. The molecule has 76 valence electrons. The quantitative estimate of drug-likeness (QED) is 0.481. The van der Waals surface area contributed by atoms with Gasteiger partial charge in [0.25, 0.3) is 0 Å². The summed E-state index contributed by atoms with van der Waals surface area (Å²) in [5.41, 5.74) is 10.6. The van der Waals surface area contributed by atoms with E-state index in [0.717, 1.165) is 0 Å². The molecule has 6 N–H and O–H groups in total. The molecular weight excluding hydrogens is 186 g/mol. The molecule has 1 heterocycles. The summed E-state index contributed by atoms with van der Waals surface area (Å²) < 4.78 is 0. The van der Waals surface area contributed by atoms with Gasteiger partial charge in [0.05, 0.1) is 0 Å². The third-order valence-corrected chi connectivity index (χ3v) is 1.49. The molecule has 1 atom stereocenters. The van der Waals surface area contributed by atoms with Crippen LogP contribution in [0.25, 0.3) is 0 Å². The Hall–Kier alpha value is -1.89. The van der Waals surface area contributed by atoms with Crippen LogP contribution in [0.1, 0.15) is 0 Å². The number of nitrogens with zero attached hydrogens (tertiary/aromatic N) is 2. The van der Waals surface area contributed by atoms with Crippen LogP contribution in [-0.2, 0) is 4.79 Å². The van der Waals surface area contributed by atoms with Gasteiger partial charge in [-0.2, -0.15) is 4.98 Å². The second-order valence-corrected chi connectivity index (χ2v) is 2.63. The summed E-state index contributed by atoms with van der Waals surface area (Å²) in [4.78, 5) is 17.9. The van der Waals surface area contributed by atoms with E-state index in [1.807, 2.05) is 0 Å². The van der Waals surface area contributed by atoms with Crippen molar-refractivity contribution < 1.29 is 9.90 Å². The molecule has 0 aromatic carbocycles. The van der Waals surface area contributed by atoms with E-state index in [4.69, 9.17) is 16.6 Å². The van der Waals surface area contributed by atoms with Gasteiger partial charge in [0.2, 0.25) is 5.95 Å². The number of aliphatic carboxylic acids is 1. The maximum atomic E-state index is 10.4. The molecule has 0 spiro atoms. The van der Waals surface area contributed by atoms with E-state index in [2.05, 4.69) is 15.3 Å². The zero-order chi connectivity index (χ0) is 10.6. The lowest BCUT2D eigenvalue weighted by atomic mass is 10.3. The van der Waals surface area contributed by atoms with Crippen LogP contribution in [0.5, 0.6) is 0 Å². The SMILES string of the molecule is Nc1nccc(NC[C@H](N)C(=O)O)n1. The van der Waals surface area contributed by atoms with Gasteiger partial charge in [-0.05, 0) is 6.07 Å². The lowest BCUT2D eigenvalue weighted by molar-refractivity contribution is -0.138. The summed E-state index contributed by atoms with van der Waals surface area (Å²) in [5, 5.41) is 11.2. The highest BCUT2D eigenvalue weighted by Gasteiger charge is 2.10. The Morgan fingerprint density at radius 2 is 2.43 bits per heavy atom. The molecule has 0 fully saturated rings. The molecule has 1 aromatic rings. The minimum absolute atomic E-state index is 0.0891. The van der Waals surface area contributed by atoms with Crippen LogP contribution in [0.4, 0.5) is 11.8 Å². The van der Waals surface area contributed by atoms with E-state index in [0.29, 0.717) is 5.82 Å². The number of hydrogen-bond donors (Lipinski definition) is 4. The summed E-state index contributed by atoms with van der Waals surface area (Å²) in [5.74, 6) is -0.493. The number of carbonyl (C=O) groups is 1. The van der Waals surface area contributed by atoms with Crippen molar-refractivity contribution in [2.75, 3.05) is 17.6 Å². The Morgan fingerprint density at radius 1 is 1.71 bits per heavy atom. The van der Waals surface area contributed by atoms with Gasteiger partial charge >= 0.3 is 5.97 Å². The number of nitrogen functional groups attached to an aromatic ring is 1.